The van der Waals surface area contributed by atoms with Gasteiger partial charge in [-0.05, 0) is 61.9 Å². The molecule has 0 radical (unpaired) electrons. The first-order valence-electron chi connectivity index (χ1n) is 9.23. The van der Waals surface area contributed by atoms with Crippen molar-refractivity contribution in [3.8, 4) is 11.5 Å². The number of halogens is 1. The molecule has 0 aliphatic carbocycles. The summed E-state index contributed by atoms with van der Waals surface area (Å²) in [6.07, 6.45) is 0.0554. The monoisotopic (exact) mass is 402 g/mol. The Hall–Kier alpha value is -2.73. The fraction of sp³-hybridized carbons (Fsp3) is 0.333. The summed E-state index contributed by atoms with van der Waals surface area (Å²) < 4.78 is 5.68. The SMILES string of the molecule is CC(Oc1ccc(O)cc1)C(=O)N1CCCN(C(=O)c2ccc(Cl)cc2)CC1. The van der Waals surface area contributed by atoms with Crippen LogP contribution in [0.4, 0.5) is 0 Å². The van der Waals surface area contributed by atoms with Gasteiger partial charge in [0.1, 0.15) is 11.5 Å². The predicted octanol–water partition coefficient (Wildman–Crippen LogP) is 3.19. The van der Waals surface area contributed by atoms with Gasteiger partial charge in [0.2, 0.25) is 0 Å². The van der Waals surface area contributed by atoms with Crippen LogP contribution in [0, 0.1) is 0 Å². The van der Waals surface area contributed by atoms with Gasteiger partial charge in [-0.1, -0.05) is 11.6 Å². The Morgan fingerprint density at radius 3 is 2.25 bits per heavy atom. The van der Waals surface area contributed by atoms with E-state index in [1.807, 2.05) is 0 Å². The first-order chi connectivity index (χ1) is 13.4. The number of nitrogens with zero attached hydrogens (tertiary/aromatic N) is 2. The average Bonchev–Trinajstić information content (AvgIpc) is 2.95. The first kappa shape index (κ1) is 20.0. The van der Waals surface area contributed by atoms with Gasteiger partial charge >= 0.3 is 0 Å². The minimum absolute atomic E-state index is 0.0562. The molecule has 148 valence electrons. The summed E-state index contributed by atoms with van der Waals surface area (Å²) in [5, 5.41) is 9.92. The Morgan fingerprint density at radius 1 is 0.964 bits per heavy atom. The molecule has 1 fully saturated rings. The van der Waals surface area contributed by atoms with Crippen molar-refractivity contribution in [3.63, 3.8) is 0 Å². The number of phenols is 1. The molecule has 0 spiro atoms. The fourth-order valence-corrected chi connectivity index (χ4v) is 3.28. The molecule has 1 saturated heterocycles. The van der Waals surface area contributed by atoms with Crippen LogP contribution in [0.15, 0.2) is 48.5 Å². The van der Waals surface area contributed by atoms with E-state index in [9.17, 15) is 14.7 Å². The number of ether oxygens (including phenoxy) is 1. The zero-order valence-corrected chi connectivity index (χ0v) is 16.4. The number of amides is 2. The second-order valence-corrected chi connectivity index (χ2v) is 7.17. The number of carbonyl (C=O) groups excluding carboxylic acids is 2. The van der Waals surface area contributed by atoms with E-state index in [-0.39, 0.29) is 17.6 Å². The Balaban J connectivity index is 1.57. The number of hydrogen-bond donors (Lipinski definition) is 1. The highest BCUT2D eigenvalue weighted by atomic mass is 35.5. The number of rotatable bonds is 4. The smallest absolute Gasteiger partial charge is 0.263 e. The number of phenolic OH excluding ortho intramolecular Hbond substituents is 1. The molecule has 0 bridgehead atoms. The van der Waals surface area contributed by atoms with Crippen LogP contribution >= 0.6 is 11.6 Å². The third kappa shape index (κ3) is 4.95. The van der Waals surface area contributed by atoms with Gasteiger partial charge < -0.3 is 19.6 Å². The molecule has 1 heterocycles. The van der Waals surface area contributed by atoms with E-state index in [1.165, 1.54) is 12.1 Å². The number of aromatic hydroxyl groups is 1. The molecule has 1 aliphatic rings. The highest BCUT2D eigenvalue weighted by molar-refractivity contribution is 6.30. The molecule has 2 amide bonds. The van der Waals surface area contributed by atoms with Crippen LogP contribution in [0.5, 0.6) is 11.5 Å². The van der Waals surface area contributed by atoms with Crippen molar-refractivity contribution < 1.29 is 19.4 Å². The minimum Gasteiger partial charge on any atom is -0.508 e. The second-order valence-electron chi connectivity index (χ2n) is 6.73. The lowest BCUT2D eigenvalue weighted by atomic mass is 10.2. The molecule has 3 rings (SSSR count). The van der Waals surface area contributed by atoms with Gasteiger partial charge in [0.25, 0.3) is 11.8 Å². The van der Waals surface area contributed by atoms with Crippen LogP contribution in [0.1, 0.15) is 23.7 Å². The molecule has 2 aromatic carbocycles. The van der Waals surface area contributed by atoms with E-state index in [0.717, 1.165) is 0 Å². The zero-order valence-electron chi connectivity index (χ0n) is 15.7. The third-order valence-corrected chi connectivity index (χ3v) is 4.94. The summed E-state index contributed by atoms with van der Waals surface area (Å²) >= 11 is 5.88. The van der Waals surface area contributed by atoms with E-state index >= 15 is 0 Å². The minimum atomic E-state index is -0.650. The van der Waals surface area contributed by atoms with E-state index in [2.05, 4.69) is 0 Å². The molecule has 0 aromatic heterocycles. The second kappa shape index (κ2) is 8.97. The summed E-state index contributed by atoms with van der Waals surface area (Å²) in [5.41, 5.74) is 0.591. The van der Waals surface area contributed by atoms with Crippen molar-refractivity contribution in [2.45, 2.75) is 19.4 Å². The molecule has 7 heteroatoms. The van der Waals surface area contributed by atoms with Gasteiger partial charge in [-0.3, -0.25) is 9.59 Å². The Bertz CT molecular complexity index is 823. The van der Waals surface area contributed by atoms with Gasteiger partial charge in [-0.2, -0.15) is 0 Å². The van der Waals surface area contributed by atoms with E-state index in [4.69, 9.17) is 16.3 Å². The first-order valence-corrected chi connectivity index (χ1v) is 9.61. The molecule has 1 atom stereocenters. The summed E-state index contributed by atoms with van der Waals surface area (Å²) in [5.74, 6) is 0.491. The van der Waals surface area contributed by atoms with Crippen LogP contribution in [0.2, 0.25) is 5.02 Å². The molecular weight excluding hydrogens is 380 g/mol. The maximum Gasteiger partial charge on any atom is 0.263 e. The van der Waals surface area contributed by atoms with Gasteiger partial charge in [-0.15, -0.1) is 0 Å². The van der Waals surface area contributed by atoms with Crippen molar-refractivity contribution in [1.82, 2.24) is 9.80 Å². The predicted molar refractivity (Wildman–Crippen MR) is 107 cm³/mol. The largest absolute Gasteiger partial charge is 0.508 e. The van der Waals surface area contributed by atoms with Gasteiger partial charge in [0.15, 0.2) is 6.10 Å². The van der Waals surface area contributed by atoms with Crippen LogP contribution in [-0.4, -0.2) is 59.0 Å². The van der Waals surface area contributed by atoms with E-state index in [0.29, 0.717) is 48.9 Å². The molecule has 0 saturated carbocycles. The van der Waals surface area contributed by atoms with Crippen molar-refractivity contribution in [2.24, 2.45) is 0 Å². The maximum absolute atomic E-state index is 12.7. The molecule has 1 unspecified atom stereocenters. The average molecular weight is 403 g/mol. The normalized spacial score (nSPS) is 15.6. The lowest BCUT2D eigenvalue weighted by Crippen LogP contribution is -2.43. The Morgan fingerprint density at radius 2 is 1.57 bits per heavy atom. The summed E-state index contributed by atoms with van der Waals surface area (Å²) in [6.45, 7) is 3.81. The highest BCUT2D eigenvalue weighted by Crippen LogP contribution is 2.18. The van der Waals surface area contributed by atoms with Crippen LogP contribution in [-0.2, 0) is 4.79 Å². The summed E-state index contributed by atoms with van der Waals surface area (Å²) in [6, 6.07) is 13.1. The van der Waals surface area contributed by atoms with Crippen LogP contribution in [0.3, 0.4) is 0 Å². The van der Waals surface area contributed by atoms with Crippen LogP contribution < -0.4 is 4.74 Å². The molecule has 28 heavy (non-hydrogen) atoms. The lowest BCUT2D eigenvalue weighted by molar-refractivity contribution is -0.137. The Labute approximate surface area is 169 Å². The van der Waals surface area contributed by atoms with Crippen LogP contribution in [0.25, 0.3) is 0 Å². The quantitative estimate of drug-likeness (QED) is 0.852. The fourth-order valence-electron chi connectivity index (χ4n) is 3.15. The van der Waals surface area contributed by atoms with Gasteiger partial charge in [0, 0.05) is 36.8 Å². The molecule has 1 N–H and O–H groups in total. The van der Waals surface area contributed by atoms with E-state index in [1.54, 1.807) is 53.1 Å². The lowest BCUT2D eigenvalue weighted by Gasteiger charge is -2.25. The third-order valence-electron chi connectivity index (χ3n) is 4.68. The Kier molecular flexibility index (Phi) is 6.41. The number of hydrogen-bond acceptors (Lipinski definition) is 4. The van der Waals surface area contributed by atoms with Crippen molar-refractivity contribution in [3.05, 3.63) is 59.1 Å². The number of carbonyl (C=O) groups is 2. The van der Waals surface area contributed by atoms with Gasteiger partial charge in [0.05, 0.1) is 0 Å². The summed E-state index contributed by atoms with van der Waals surface area (Å²) in [7, 11) is 0. The molecule has 6 nitrogen and oxygen atoms in total. The molecule has 2 aromatic rings. The van der Waals surface area contributed by atoms with Gasteiger partial charge in [-0.25, -0.2) is 0 Å². The topological polar surface area (TPSA) is 70.1 Å². The van der Waals surface area contributed by atoms with Crippen molar-refractivity contribution in [1.29, 1.82) is 0 Å². The highest BCUT2D eigenvalue weighted by Gasteiger charge is 2.26. The maximum atomic E-state index is 12.7. The van der Waals surface area contributed by atoms with Crippen molar-refractivity contribution >= 4 is 23.4 Å². The summed E-state index contributed by atoms with van der Waals surface area (Å²) in [4.78, 5) is 28.9. The number of benzene rings is 2. The molecular formula is C21H23ClN2O4. The molecule has 1 aliphatic heterocycles. The van der Waals surface area contributed by atoms with Crippen molar-refractivity contribution in [2.75, 3.05) is 26.2 Å². The standard InChI is InChI=1S/C21H23ClN2O4/c1-15(28-19-9-7-18(25)8-10-19)20(26)23-11-2-12-24(14-13-23)21(27)16-3-5-17(22)6-4-16/h3-10,15,25H,2,11-14H2,1H3. The zero-order chi connectivity index (χ0) is 20.1. The van der Waals surface area contributed by atoms with E-state index < -0.39 is 6.10 Å².